The van der Waals surface area contributed by atoms with Gasteiger partial charge in [0.05, 0.1) is 15.4 Å². The van der Waals surface area contributed by atoms with Crippen LogP contribution in [0.15, 0.2) is 12.1 Å². The summed E-state index contributed by atoms with van der Waals surface area (Å²) in [6, 6.07) is 0.796. The van der Waals surface area contributed by atoms with Gasteiger partial charge in [-0.3, -0.25) is 20.2 Å². The summed E-state index contributed by atoms with van der Waals surface area (Å²) in [6.07, 6.45) is -1.22. The third kappa shape index (κ3) is 3.99. The number of halogens is 3. The molecule has 0 aliphatic heterocycles. The number of nitro benzene ring substituents is 2. The molecule has 2 saturated carbocycles. The first kappa shape index (κ1) is 17.4. The first-order valence-corrected chi connectivity index (χ1v) is 7.95. The minimum atomic E-state index is -4.90. The maximum Gasteiger partial charge on any atom is 0.416 e. The van der Waals surface area contributed by atoms with Crippen molar-refractivity contribution in [1.29, 1.82) is 0 Å². The molecule has 25 heavy (non-hydrogen) atoms. The van der Waals surface area contributed by atoms with E-state index in [1.807, 2.05) is 0 Å². The van der Waals surface area contributed by atoms with Crippen LogP contribution >= 0.6 is 0 Å². The fourth-order valence-corrected chi connectivity index (χ4v) is 2.85. The minimum Gasteiger partial charge on any atom is -0.360 e. The topological polar surface area (TPSA) is 89.5 Å². The lowest BCUT2D eigenvalue weighted by molar-refractivity contribution is -0.393. The van der Waals surface area contributed by atoms with Gasteiger partial charge in [0.15, 0.2) is 5.69 Å². The SMILES string of the molecule is O=[N+]([O-])c1cc(C(F)(F)F)cc([N+](=O)[O-])c1N(CC1CC1)CC1CC1. The van der Waals surface area contributed by atoms with Gasteiger partial charge in [-0.05, 0) is 37.5 Å². The maximum atomic E-state index is 13.0. The van der Waals surface area contributed by atoms with Gasteiger partial charge < -0.3 is 4.90 Å². The molecular weight excluding hydrogens is 343 g/mol. The molecule has 3 rings (SSSR count). The van der Waals surface area contributed by atoms with E-state index >= 15 is 0 Å². The molecule has 0 aromatic heterocycles. The zero-order valence-electron chi connectivity index (χ0n) is 13.2. The Morgan fingerprint density at radius 3 is 1.64 bits per heavy atom. The third-order valence-electron chi connectivity index (χ3n) is 4.46. The van der Waals surface area contributed by atoms with E-state index in [4.69, 9.17) is 0 Å². The maximum absolute atomic E-state index is 13.0. The Hall–Kier alpha value is -2.39. The molecule has 2 fully saturated rings. The molecule has 2 aliphatic carbocycles. The number of hydrogen-bond acceptors (Lipinski definition) is 5. The standard InChI is InChI=1S/C15H16F3N3O4/c16-15(17,18)11-5-12(20(22)23)14(13(6-11)21(24)25)19(7-9-1-2-9)8-10-3-4-10/h5-6,9-10H,1-4,7-8H2. The van der Waals surface area contributed by atoms with Crippen molar-refractivity contribution >= 4 is 17.1 Å². The number of nitrogens with zero attached hydrogens (tertiary/aromatic N) is 3. The van der Waals surface area contributed by atoms with Gasteiger partial charge >= 0.3 is 6.18 Å². The van der Waals surface area contributed by atoms with E-state index in [9.17, 15) is 33.4 Å². The predicted octanol–water partition coefficient (Wildman–Crippen LogP) is 4.15. The van der Waals surface area contributed by atoms with E-state index in [1.54, 1.807) is 4.90 Å². The Bertz CT molecular complexity index is 665. The Kier molecular flexibility index (Phi) is 4.29. The normalized spacial score (nSPS) is 17.4. The summed E-state index contributed by atoms with van der Waals surface area (Å²) in [7, 11) is 0. The van der Waals surface area contributed by atoms with Gasteiger partial charge in [0.2, 0.25) is 0 Å². The minimum absolute atomic E-state index is 0.278. The molecule has 7 nitrogen and oxygen atoms in total. The highest BCUT2D eigenvalue weighted by Crippen LogP contribution is 2.45. The Labute approximate surface area is 140 Å². The van der Waals surface area contributed by atoms with Crippen LogP contribution < -0.4 is 4.90 Å². The van der Waals surface area contributed by atoms with Crippen LogP contribution in [-0.2, 0) is 6.18 Å². The van der Waals surface area contributed by atoms with Crippen molar-refractivity contribution in [3.8, 4) is 0 Å². The fourth-order valence-electron chi connectivity index (χ4n) is 2.85. The molecule has 1 aromatic carbocycles. The second-order valence-electron chi connectivity index (χ2n) is 6.67. The van der Waals surface area contributed by atoms with Crippen LogP contribution in [0.25, 0.3) is 0 Å². The van der Waals surface area contributed by atoms with Gasteiger partial charge in [-0.2, -0.15) is 13.2 Å². The first-order chi connectivity index (χ1) is 11.7. The van der Waals surface area contributed by atoms with Crippen molar-refractivity contribution in [2.45, 2.75) is 31.9 Å². The van der Waals surface area contributed by atoms with E-state index in [0.717, 1.165) is 25.7 Å². The molecule has 0 atom stereocenters. The largest absolute Gasteiger partial charge is 0.416 e. The zero-order chi connectivity index (χ0) is 18.4. The smallest absolute Gasteiger partial charge is 0.360 e. The predicted molar refractivity (Wildman–Crippen MR) is 82.4 cm³/mol. The number of rotatable bonds is 7. The van der Waals surface area contributed by atoms with Crippen molar-refractivity contribution < 1.29 is 23.0 Å². The molecule has 0 saturated heterocycles. The van der Waals surface area contributed by atoms with Gasteiger partial charge in [0.25, 0.3) is 11.4 Å². The molecule has 0 N–H and O–H groups in total. The second-order valence-corrected chi connectivity index (χ2v) is 6.67. The average molecular weight is 359 g/mol. The highest BCUT2D eigenvalue weighted by atomic mass is 19.4. The van der Waals surface area contributed by atoms with E-state index in [1.165, 1.54) is 0 Å². The van der Waals surface area contributed by atoms with Crippen molar-refractivity contribution in [1.82, 2.24) is 0 Å². The molecule has 0 bridgehead atoms. The lowest BCUT2D eigenvalue weighted by Gasteiger charge is -2.24. The highest BCUT2D eigenvalue weighted by molar-refractivity contribution is 5.76. The molecule has 10 heteroatoms. The Balaban J connectivity index is 2.13. The van der Waals surface area contributed by atoms with Crippen LogP contribution in [0, 0.1) is 32.1 Å². The van der Waals surface area contributed by atoms with Crippen LogP contribution in [0.4, 0.5) is 30.2 Å². The summed E-state index contributed by atoms with van der Waals surface area (Å²) < 4.78 is 39.0. The van der Waals surface area contributed by atoms with Crippen molar-refractivity contribution in [3.63, 3.8) is 0 Å². The summed E-state index contributed by atoms with van der Waals surface area (Å²) in [6.45, 7) is 0.785. The van der Waals surface area contributed by atoms with Gasteiger partial charge in [0, 0.05) is 25.2 Å². The number of benzene rings is 1. The summed E-state index contributed by atoms with van der Waals surface area (Å²) in [5, 5.41) is 22.7. The second kappa shape index (κ2) is 6.16. The lowest BCUT2D eigenvalue weighted by Crippen LogP contribution is -2.29. The number of nitro groups is 2. The zero-order valence-corrected chi connectivity index (χ0v) is 13.2. The van der Waals surface area contributed by atoms with Crippen LogP contribution in [0.1, 0.15) is 31.2 Å². The van der Waals surface area contributed by atoms with Crippen molar-refractivity contribution in [2.75, 3.05) is 18.0 Å². The van der Waals surface area contributed by atoms with Gasteiger partial charge in [-0.25, -0.2) is 0 Å². The van der Waals surface area contributed by atoms with E-state index < -0.39 is 33.0 Å². The molecule has 0 radical (unpaired) electrons. The van der Waals surface area contributed by atoms with E-state index in [0.29, 0.717) is 25.2 Å². The lowest BCUT2D eigenvalue weighted by atomic mass is 10.1. The molecular formula is C15H16F3N3O4. The summed E-state index contributed by atoms with van der Waals surface area (Å²) in [5.41, 5.74) is -3.40. The van der Waals surface area contributed by atoms with Crippen LogP contribution in [0.2, 0.25) is 0 Å². The highest BCUT2D eigenvalue weighted by Gasteiger charge is 2.41. The molecule has 0 amide bonds. The van der Waals surface area contributed by atoms with E-state index in [2.05, 4.69) is 0 Å². The third-order valence-corrected chi connectivity index (χ3v) is 4.46. The Morgan fingerprint density at radius 1 is 0.960 bits per heavy atom. The molecule has 0 unspecified atom stereocenters. The summed E-state index contributed by atoms with van der Waals surface area (Å²) in [5.74, 6) is 0.556. The van der Waals surface area contributed by atoms with Gasteiger partial charge in [0.1, 0.15) is 0 Å². The van der Waals surface area contributed by atoms with Crippen LogP contribution in [-0.4, -0.2) is 22.9 Å². The van der Waals surface area contributed by atoms with E-state index in [-0.39, 0.29) is 17.5 Å². The van der Waals surface area contributed by atoms with Gasteiger partial charge in [-0.1, -0.05) is 0 Å². The monoisotopic (exact) mass is 359 g/mol. The van der Waals surface area contributed by atoms with Crippen molar-refractivity contribution in [3.05, 3.63) is 37.9 Å². The Morgan fingerprint density at radius 2 is 1.36 bits per heavy atom. The van der Waals surface area contributed by atoms with Crippen LogP contribution in [0.3, 0.4) is 0 Å². The number of anilines is 1. The number of alkyl halides is 3. The molecule has 1 aromatic rings. The quantitative estimate of drug-likeness (QED) is 0.539. The average Bonchev–Trinajstić information content (AvgIpc) is 3.39. The van der Waals surface area contributed by atoms with Crippen LogP contribution in [0.5, 0.6) is 0 Å². The first-order valence-electron chi connectivity index (χ1n) is 7.95. The molecule has 0 heterocycles. The number of hydrogen-bond donors (Lipinski definition) is 0. The summed E-state index contributed by atoms with van der Waals surface area (Å²) in [4.78, 5) is 22.4. The van der Waals surface area contributed by atoms with Gasteiger partial charge in [-0.15, -0.1) is 0 Å². The molecule has 2 aliphatic rings. The summed E-state index contributed by atoms with van der Waals surface area (Å²) >= 11 is 0. The molecule has 0 spiro atoms. The van der Waals surface area contributed by atoms with Crippen molar-refractivity contribution in [2.24, 2.45) is 11.8 Å². The fraction of sp³-hybridized carbons (Fsp3) is 0.600. The molecule has 136 valence electrons.